The van der Waals surface area contributed by atoms with Crippen molar-refractivity contribution in [3.63, 3.8) is 0 Å². The Bertz CT molecular complexity index is 512. The van der Waals surface area contributed by atoms with Crippen LogP contribution in [0.3, 0.4) is 0 Å². The molecule has 0 aliphatic heterocycles. The first-order chi connectivity index (χ1) is 6.22. The third-order valence-corrected chi connectivity index (χ3v) is 3.13. The first-order valence-corrected chi connectivity index (χ1v) is 5.33. The van der Waals surface area contributed by atoms with Crippen molar-refractivity contribution >= 4 is 44.2 Å². The summed E-state index contributed by atoms with van der Waals surface area (Å²) in [5.41, 5.74) is 1.27. The monoisotopic (exact) mass is 347 g/mol. The Kier molecular flexibility index (Phi) is 2.26. The molecule has 0 amide bonds. The van der Waals surface area contributed by atoms with Gasteiger partial charge in [-0.3, -0.25) is 4.40 Å². The van der Waals surface area contributed by atoms with Crippen LogP contribution in [0.25, 0.3) is 5.65 Å². The van der Waals surface area contributed by atoms with Gasteiger partial charge in [-0.05, 0) is 50.7 Å². The molecule has 2 rings (SSSR count). The molecule has 0 N–H and O–H groups in total. The van der Waals surface area contributed by atoms with Gasteiger partial charge in [-0.25, -0.2) is 4.98 Å². The molecule has 0 spiro atoms. The second-order valence-electron chi connectivity index (χ2n) is 2.44. The fourth-order valence-electron chi connectivity index (χ4n) is 1.06. The molecule has 0 aliphatic carbocycles. The van der Waals surface area contributed by atoms with Crippen LogP contribution < -0.4 is 0 Å². The predicted octanol–water partition coefficient (Wildman–Crippen LogP) is 2.57. The Morgan fingerprint density at radius 3 is 3.00 bits per heavy atom. The number of halogens is 2. The molecule has 2 heterocycles. The molecule has 2 aromatic heterocycles. The summed E-state index contributed by atoms with van der Waals surface area (Å²) < 4.78 is 3.69. The summed E-state index contributed by atoms with van der Waals surface area (Å²) in [6, 6.07) is 5.82. The average Bonchev–Trinajstić information content (AvgIpc) is 2.44. The van der Waals surface area contributed by atoms with Crippen molar-refractivity contribution in [1.82, 2.24) is 9.38 Å². The van der Waals surface area contributed by atoms with Crippen molar-refractivity contribution in [2.45, 2.75) is 0 Å². The second-order valence-corrected chi connectivity index (χ2v) is 4.38. The zero-order chi connectivity index (χ0) is 9.42. The van der Waals surface area contributed by atoms with Gasteiger partial charge in [0.15, 0.2) is 5.69 Å². The Balaban J connectivity index is 2.87. The highest BCUT2D eigenvalue weighted by molar-refractivity contribution is 14.1. The zero-order valence-corrected chi connectivity index (χ0v) is 10.1. The molecular weight excluding hydrogens is 345 g/mol. The van der Waals surface area contributed by atoms with Crippen LogP contribution in [0.1, 0.15) is 5.69 Å². The minimum absolute atomic E-state index is 0.471. The van der Waals surface area contributed by atoms with Crippen LogP contribution >= 0.6 is 38.5 Å². The van der Waals surface area contributed by atoms with E-state index in [1.807, 2.05) is 28.8 Å². The standard InChI is InChI=1S/C8H3BrIN3/c9-5-1-2-7-12-6(3-11)8(10)13(7)4-5/h1-2,4H. The van der Waals surface area contributed by atoms with E-state index in [0.29, 0.717) is 5.69 Å². The van der Waals surface area contributed by atoms with E-state index in [-0.39, 0.29) is 0 Å². The van der Waals surface area contributed by atoms with Gasteiger partial charge in [-0.15, -0.1) is 0 Å². The van der Waals surface area contributed by atoms with Gasteiger partial charge in [0.1, 0.15) is 15.4 Å². The summed E-state index contributed by atoms with van der Waals surface area (Å²) in [7, 11) is 0. The summed E-state index contributed by atoms with van der Waals surface area (Å²) in [6.07, 6.45) is 1.89. The molecule has 0 atom stereocenters. The maximum absolute atomic E-state index is 8.75. The van der Waals surface area contributed by atoms with Gasteiger partial charge < -0.3 is 0 Å². The third kappa shape index (κ3) is 1.44. The number of rotatable bonds is 0. The number of pyridine rings is 1. The third-order valence-electron chi connectivity index (χ3n) is 1.63. The van der Waals surface area contributed by atoms with Crippen LogP contribution in [0, 0.1) is 15.0 Å². The lowest BCUT2D eigenvalue weighted by Gasteiger charge is -1.94. The fourth-order valence-corrected chi connectivity index (χ4v) is 2.03. The van der Waals surface area contributed by atoms with Crippen LogP contribution in [0.4, 0.5) is 0 Å². The minimum Gasteiger partial charge on any atom is -0.293 e. The van der Waals surface area contributed by atoms with Gasteiger partial charge >= 0.3 is 0 Å². The summed E-state index contributed by atoms with van der Waals surface area (Å²) in [5.74, 6) is 0. The largest absolute Gasteiger partial charge is 0.293 e. The summed E-state index contributed by atoms with van der Waals surface area (Å²) in [4.78, 5) is 4.15. The molecule has 0 fully saturated rings. The topological polar surface area (TPSA) is 41.1 Å². The molecule has 5 heteroatoms. The molecule has 0 saturated heterocycles. The number of imidazole rings is 1. The van der Waals surface area contributed by atoms with Crippen LogP contribution in [-0.4, -0.2) is 9.38 Å². The van der Waals surface area contributed by atoms with Gasteiger partial charge in [0, 0.05) is 10.7 Å². The van der Waals surface area contributed by atoms with Gasteiger partial charge in [0.25, 0.3) is 0 Å². The van der Waals surface area contributed by atoms with Gasteiger partial charge in [-0.2, -0.15) is 5.26 Å². The molecule has 3 nitrogen and oxygen atoms in total. The Morgan fingerprint density at radius 2 is 2.31 bits per heavy atom. The van der Waals surface area contributed by atoms with Crippen molar-refractivity contribution in [1.29, 1.82) is 5.26 Å². The van der Waals surface area contributed by atoms with E-state index in [1.54, 1.807) is 0 Å². The number of fused-ring (bicyclic) bond motifs is 1. The lowest BCUT2D eigenvalue weighted by molar-refractivity contribution is 1.14. The highest BCUT2D eigenvalue weighted by atomic mass is 127. The van der Waals surface area contributed by atoms with Crippen molar-refractivity contribution in [3.8, 4) is 6.07 Å². The number of nitriles is 1. The lowest BCUT2D eigenvalue weighted by Crippen LogP contribution is -1.86. The molecule has 0 aromatic carbocycles. The van der Waals surface area contributed by atoms with Crippen LogP contribution in [0.5, 0.6) is 0 Å². The predicted molar refractivity (Wildman–Crippen MR) is 60.3 cm³/mol. The van der Waals surface area contributed by atoms with E-state index < -0.39 is 0 Å². The first kappa shape index (κ1) is 8.97. The molecular formula is C8H3BrIN3. The average molecular weight is 348 g/mol. The lowest BCUT2D eigenvalue weighted by atomic mass is 10.5. The van der Waals surface area contributed by atoms with E-state index in [2.05, 4.69) is 43.5 Å². The van der Waals surface area contributed by atoms with E-state index in [1.165, 1.54) is 0 Å². The van der Waals surface area contributed by atoms with E-state index in [4.69, 9.17) is 5.26 Å². The molecule has 0 bridgehead atoms. The maximum atomic E-state index is 8.75. The van der Waals surface area contributed by atoms with Crippen molar-refractivity contribution < 1.29 is 0 Å². The first-order valence-electron chi connectivity index (χ1n) is 3.45. The van der Waals surface area contributed by atoms with E-state index >= 15 is 0 Å². The molecule has 0 aliphatic rings. The summed E-state index contributed by atoms with van der Waals surface area (Å²) in [6.45, 7) is 0. The van der Waals surface area contributed by atoms with Crippen LogP contribution in [0.2, 0.25) is 0 Å². The van der Waals surface area contributed by atoms with Crippen molar-refractivity contribution in [2.75, 3.05) is 0 Å². The number of nitrogens with zero attached hydrogens (tertiary/aromatic N) is 3. The summed E-state index contributed by atoms with van der Waals surface area (Å²) >= 11 is 5.47. The van der Waals surface area contributed by atoms with Crippen LogP contribution in [-0.2, 0) is 0 Å². The minimum atomic E-state index is 0.471. The second kappa shape index (κ2) is 3.27. The van der Waals surface area contributed by atoms with Crippen molar-refractivity contribution in [3.05, 3.63) is 32.2 Å². The Labute approximate surface area is 96.7 Å². The Hall–Kier alpha value is -0.610. The fraction of sp³-hybridized carbons (Fsp3) is 0. The van der Waals surface area contributed by atoms with Gasteiger partial charge in [0.05, 0.1) is 0 Å². The normalized spacial score (nSPS) is 10.2. The van der Waals surface area contributed by atoms with Gasteiger partial charge in [0.2, 0.25) is 0 Å². The molecule has 0 radical (unpaired) electrons. The van der Waals surface area contributed by atoms with E-state index in [9.17, 15) is 0 Å². The van der Waals surface area contributed by atoms with Crippen molar-refractivity contribution in [2.24, 2.45) is 0 Å². The quantitative estimate of drug-likeness (QED) is 0.687. The highest BCUT2D eigenvalue weighted by Gasteiger charge is 2.07. The maximum Gasteiger partial charge on any atom is 0.173 e. The summed E-state index contributed by atoms with van der Waals surface area (Å²) in [5, 5.41) is 8.75. The molecule has 64 valence electrons. The van der Waals surface area contributed by atoms with E-state index in [0.717, 1.165) is 13.8 Å². The van der Waals surface area contributed by atoms with Crippen LogP contribution in [0.15, 0.2) is 22.8 Å². The SMILES string of the molecule is N#Cc1nc2ccc(Br)cn2c1I. The number of hydrogen-bond acceptors (Lipinski definition) is 2. The molecule has 13 heavy (non-hydrogen) atoms. The Morgan fingerprint density at radius 1 is 1.54 bits per heavy atom. The number of aromatic nitrogens is 2. The molecule has 0 saturated carbocycles. The molecule has 2 aromatic rings. The molecule has 0 unspecified atom stereocenters. The smallest absolute Gasteiger partial charge is 0.173 e. The van der Waals surface area contributed by atoms with Gasteiger partial charge in [-0.1, -0.05) is 0 Å². The zero-order valence-electron chi connectivity index (χ0n) is 6.33. The number of hydrogen-bond donors (Lipinski definition) is 0. The highest BCUT2D eigenvalue weighted by Crippen LogP contribution is 2.17.